The summed E-state index contributed by atoms with van der Waals surface area (Å²) in [7, 11) is -0.916. The number of carbonyl (C=O) groups is 1. The summed E-state index contributed by atoms with van der Waals surface area (Å²) < 4.78 is 34.4. The monoisotopic (exact) mass is 401 g/mol. The van der Waals surface area contributed by atoms with Gasteiger partial charge >= 0.3 is 7.60 Å². The van der Waals surface area contributed by atoms with Crippen molar-refractivity contribution in [3.05, 3.63) is 46.5 Å². The number of carbonyl (C=O) groups excluding carboxylic acids is 1. The summed E-state index contributed by atoms with van der Waals surface area (Å²) in [6.45, 7) is 3.94. The molecule has 2 aromatic carbocycles. The maximum atomic E-state index is 13.1. The summed E-state index contributed by atoms with van der Waals surface area (Å²) in [5, 5.41) is 3.20. The van der Waals surface area contributed by atoms with Crippen LogP contribution in [0, 0.1) is 13.8 Å². The lowest BCUT2D eigenvalue weighted by molar-refractivity contribution is -0.110. The van der Waals surface area contributed by atoms with Crippen molar-refractivity contribution in [1.82, 2.24) is 0 Å². The first kappa shape index (κ1) is 18.7. The standard InChI is InChI=1S/C20H20NO6P/c1-11-5-15-18(17(6-11)28(23,24-3)25-4)14(20(22)21-15)8-13-7-12(2)19-16(9-13)26-10-27-19/h5-9H,10H2,1-4H3,(H,21,22). The second-order valence-electron chi connectivity index (χ2n) is 6.65. The summed E-state index contributed by atoms with van der Waals surface area (Å²) in [6, 6.07) is 7.28. The molecule has 2 aliphatic rings. The molecule has 2 aromatic rings. The quantitative estimate of drug-likeness (QED) is 0.622. The molecule has 2 aliphatic heterocycles. The van der Waals surface area contributed by atoms with E-state index in [9.17, 15) is 9.36 Å². The highest BCUT2D eigenvalue weighted by molar-refractivity contribution is 7.62. The predicted octanol–water partition coefficient (Wildman–Crippen LogP) is 3.64. The fraction of sp³-hybridized carbons (Fsp3) is 0.250. The third kappa shape index (κ3) is 2.92. The molecular formula is C20H20NO6P. The average molecular weight is 401 g/mol. The molecule has 0 radical (unpaired) electrons. The van der Waals surface area contributed by atoms with Gasteiger partial charge < -0.3 is 23.8 Å². The number of nitrogens with one attached hydrogen (secondary N) is 1. The minimum Gasteiger partial charge on any atom is -0.454 e. The van der Waals surface area contributed by atoms with Crippen LogP contribution in [0.3, 0.4) is 0 Å². The number of anilines is 1. The lowest BCUT2D eigenvalue weighted by Crippen LogP contribution is -2.13. The van der Waals surface area contributed by atoms with Crippen LogP contribution in [-0.2, 0) is 18.4 Å². The van der Waals surface area contributed by atoms with E-state index in [0.29, 0.717) is 33.6 Å². The van der Waals surface area contributed by atoms with E-state index in [0.717, 1.165) is 16.7 Å². The van der Waals surface area contributed by atoms with Gasteiger partial charge in [0.05, 0.1) is 16.6 Å². The number of amides is 1. The normalized spacial score (nSPS) is 16.4. The van der Waals surface area contributed by atoms with Crippen LogP contribution in [0.15, 0.2) is 24.3 Å². The average Bonchev–Trinajstić information content (AvgIpc) is 3.25. The Bertz CT molecular complexity index is 1070. The van der Waals surface area contributed by atoms with Crippen LogP contribution in [0.4, 0.5) is 5.69 Å². The first-order valence-electron chi connectivity index (χ1n) is 8.66. The van der Waals surface area contributed by atoms with Crippen molar-refractivity contribution in [3.8, 4) is 11.5 Å². The molecule has 0 atom stereocenters. The molecule has 0 aliphatic carbocycles. The van der Waals surface area contributed by atoms with Crippen molar-refractivity contribution >= 4 is 36.1 Å². The first-order valence-corrected chi connectivity index (χ1v) is 10.2. The van der Waals surface area contributed by atoms with Gasteiger partial charge in [0.25, 0.3) is 5.91 Å². The van der Waals surface area contributed by atoms with E-state index in [4.69, 9.17) is 18.5 Å². The van der Waals surface area contributed by atoms with Crippen molar-refractivity contribution in [2.24, 2.45) is 0 Å². The molecule has 0 spiro atoms. The van der Waals surface area contributed by atoms with E-state index in [-0.39, 0.29) is 12.7 Å². The summed E-state index contributed by atoms with van der Waals surface area (Å²) in [4.78, 5) is 12.7. The topological polar surface area (TPSA) is 83.1 Å². The Kier molecular flexibility index (Phi) is 4.54. The van der Waals surface area contributed by atoms with Gasteiger partial charge in [0.1, 0.15) is 0 Å². The SMILES string of the molecule is COP(=O)(OC)c1cc(C)cc2c1C(=Cc1cc(C)c3c(c1)OCO3)C(=O)N2. The molecule has 4 rings (SSSR count). The second kappa shape index (κ2) is 6.78. The Morgan fingerprint density at radius 3 is 2.57 bits per heavy atom. The van der Waals surface area contributed by atoms with Gasteiger partial charge in [-0.2, -0.15) is 0 Å². The van der Waals surface area contributed by atoms with Crippen molar-refractivity contribution in [1.29, 1.82) is 0 Å². The summed E-state index contributed by atoms with van der Waals surface area (Å²) in [5.74, 6) is 1.06. The second-order valence-corrected chi connectivity index (χ2v) is 8.86. The number of hydrogen-bond donors (Lipinski definition) is 1. The number of benzene rings is 2. The maximum Gasteiger partial charge on any atom is 0.361 e. The van der Waals surface area contributed by atoms with E-state index >= 15 is 0 Å². The van der Waals surface area contributed by atoms with E-state index in [1.807, 2.05) is 32.0 Å². The van der Waals surface area contributed by atoms with Crippen molar-refractivity contribution in [2.45, 2.75) is 13.8 Å². The number of ether oxygens (including phenoxy) is 2. The molecule has 0 unspecified atom stereocenters. The van der Waals surface area contributed by atoms with Gasteiger partial charge in [0.15, 0.2) is 11.5 Å². The van der Waals surface area contributed by atoms with Crippen LogP contribution in [-0.4, -0.2) is 26.9 Å². The zero-order valence-corrected chi connectivity index (χ0v) is 16.9. The molecule has 28 heavy (non-hydrogen) atoms. The Morgan fingerprint density at radius 1 is 1.11 bits per heavy atom. The van der Waals surface area contributed by atoms with Gasteiger partial charge in [-0.1, -0.05) is 0 Å². The van der Waals surface area contributed by atoms with Gasteiger partial charge in [-0.05, 0) is 60.9 Å². The van der Waals surface area contributed by atoms with Crippen LogP contribution in [0.5, 0.6) is 11.5 Å². The molecule has 0 saturated carbocycles. The lowest BCUT2D eigenvalue weighted by Gasteiger charge is -2.18. The third-order valence-electron chi connectivity index (χ3n) is 4.79. The van der Waals surface area contributed by atoms with E-state index in [2.05, 4.69) is 5.32 Å². The van der Waals surface area contributed by atoms with Gasteiger partial charge in [-0.25, -0.2) is 0 Å². The lowest BCUT2D eigenvalue weighted by atomic mass is 10.0. The van der Waals surface area contributed by atoms with Crippen LogP contribution < -0.4 is 20.1 Å². The zero-order valence-electron chi connectivity index (χ0n) is 16.0. The zero-order chi connectivity index (χ0) is 20.1. The Morgan fingerprint density at radius 2 is 1.86 bits per heavy atom. The van der Waals surface area contributed by atoms with Crippen LogP contribution in [0.1, 0.15) is 22.3 Å². The molecular weight excluding hydrogens is 381 g/mol. The van der Waals surface area contributed by atoms with E-state index < -0.39 is 7.60 Å². The van der Waals surface area contributed by atoms with Gasteiger partial charge in [-0.3, -0.25) is 9.36 Å². The molecule has 8 heteroatoms. The number of rotatable bonds is 4. The van der Waals surface area contributed by atoms with Gasteiger partial charge in [0, 0.05) is 19.8 Å². The molecule has 2 heterocycles. The first-order chi connectivity index (χ1) is 13.4. The van der Waals surface area contributed by atoms with E-state index in [1.54, 1.807) is 12.1 Å². The molecule has 1 amide bonds. The smallest absolute Gasteiger partial charge is 0.361 e. The maximum absolute atomic E-state index is 13.1. The van der Waals surface area contributed by atoms with E-state index in [1.165, 1.54) is 14.2 Å². The molecule has 0 fully saturated rings. The third-order valence-corrected chi connectivity index (χ3v) is 6.70. The van der Waals surface area contributed by atoms with Gasteiger partial charge in [0.2, 0.25) is 6.79 Å². The molecule has 146 valence electrons. The molecule has 0 saturated heterocycles. The van der Waals surface area contributed by atoms with Crippen LogP contribution in [0.2, 0.25) is 0 Å². The summed E-state index contributed by atoms with van der Waals surface area (Å²) in [6.07, 6.45) is 1.74. The largest absolute Gasteiger partial charge is 0.454 e. The highest BCUT2D eigenvalue weighted by Gasteiger charge is 2.36. The van der Waals surface area contributed by atoms with Gasteiger partial charge in [-0.15, -0.1) is 0 Å². The number of aryl methyl sites for hydroxylation is 2. The fourth-order valence-corrected chi connectivity index (χ4v) is 4.96. The number of hydrogen-bond acceptors (Lipinski definition) is 6. The minimum absolute atomic E-state index is 0.174. The summed E-state index contributed by atoms with van der Waals surface area (Å²) in [5.41, 5.74) is 4.01. The summed E-state index contributed by atoms with van der Waals surface area (Å²) >= 11 is 0. The van der Waals surface area contributed by atoms with Crippen molar-refractivity contribution in [2.75, 3.05) is 26.3 Å². The predicted molar refractivity (Wildman–Crippen MR) is 106 cm³/mol. The van der Waals surface area contributed by atoms with Crippen molar-refractivity contribution < 1.29 is 27.9 Å². The number of fused-ring (bicyclic) bond motifs is 2. The highest BCUT2D eigenvalue weighted by Crippen LogP contribution is 2.50. The van der Waals surface area contributed by atoms with Crippen molar-refractivity contribution in [3.63, 3.8) is 0 Å². The minimum atomic E-state index is -3.57. The molecule has 0 aromatic heterocycles. The fourth-order valence-electron chi connectivity index (χ4n) is 3.54. The van der Waals surface area contributed by atoms with Crippen LogP contribution in [0.25, 0.3) is 11.6 Å². The Balaban J connectivity index is 1.91. The molecule has 0 bridgehead atoms. The highest BCUT2D eigenvalue weighted by atomic mass is 31.2. The van der Waals surface area contributed by atoms with Crippen LogP contribution >= 0.6 is 7.60 Å². The molecule has 7 nitrogen and oxygen atoms in total. The Hall–Kier alpha value is -2.60. The Labute approximate surface area is 162 Å². The molecule has 1 N–H and O–H groups in total.